The van der Waals surface area contributed by atoms with Gasteiger partial charge in [0.25, 0.3) is 0 Å². The predicted octanol–water partition coefficient (Wildman–Crippen LogP) is 1.72. The van der Waals surface area contributed by atoms with Crippen molar-refractivity contribution in [2.45, 2.75) is 32.9 Å². The number of urea groups is 1. The van der Waals surface area contributed by atoms with Crippen LogP contribution in [0.25, 0.3) is 11.0 Å². The summed E-state index contributed by atoms with van der Waals surface area (Å²) in [5.41, 5.74) is 2.93. The second-order valence-electron chi connectivity index (χ2n) is 7.55. The fraction of sp³-hybridized carbons (Fsp3) is 0.526. The van der Waals surface area contributed by atoms with E-state index >= 15 is 0 Å². The summed E-state index contributed by atoms with van der Waals surface area (Å²) >= 11 is 0. The van der Waals surface area contributed by atoms with Crippen LogP contribution in [0, 0.1) is 6.92 Å². The summed E-state index contributed by atoms with van der Waals surface area (Å²) < 4.78 is 5.46. The molecule has 2 fully saturated rings. The number of carbonyl (C=O) groups is 2. The molecular formula is C19H25N5O3. The smallest absolute Gasteiger partial charge is 0.329 e. The molecule has 4 rings (SSSR count). The summed E-state index contributed by atoms with van der Waals surface area (Å²) in [6.07, 6.45) is 0.262. The topological polar surface area (TPSA) is 81.9 Å². The molecule has 8 nitrogen and oxygen atoms in total. The van der Waals surface area contributed by atoms with Crippen molar-refractivity contribution in [3.63, 3.8) is 0 Å². The van der Waals surface area contributed by atoms with Crippen molar-refractivity contribution in [1.82, 2.24) is 20.3 Å². The molecule has 27 heavy (non-hydrogen) atoms. The third kappa shape index (κ3) is 3.30. The minimum Gasteiger partial charge on any atom is -0.354 e. The van der Waals surface area contributed by atoms with Crippen molar-refractivity contribution >= 4 is 28.7 Å². The number of nitrogens with one attached hydrogen (secondary N) is 1. The standard InChI is InChI=1S/C19H25N5O3/c1-12-10-23(9-8-22(12)3)11-14-4-5-15-17(13(14)2)18(21-27-15)24-7-6-16(25)20-19(24)26/h4-5,12H,6-11H2,1-3H3,(H,20,25,26). The summed E-state index contributed by atoms with van der Waals surface area (Å²) in [6, 6.07) is 4.08. The van der Waals surface area contributed by atoms with E-state index in [1.165, 1.54) is 10.5 Å². The van der Waals surface area contributed by atoms with Gasteiger partial charge in [0.15, 0.2) is 11.4 Å². The number of piperazine rings is 1. The Hall–Kier alpha value is -2.45. The first-order valence-electron chi connectivity index (χ1n) is 9.36. The highest BCUT2D eigenvalue weighted by atomic mass is 16.5. The molecule has 3 heterocycles. The molecule has 1 aromatic heterocycles. The van der Waals surface area contributed by atoms with E-state index in [1.54, 1.807) is 0 Å². The van der Waals surface area contributed by atoms with Crippen molar-refractivity contribution in [3.8, 4) is 0 Å². The summed E-state index contributed by atoms with van der Waals surface area (Å²) in [6.45, 7) is 8.58. The number of imide groups is 1. The Balaban J connectivity index is 1.63. The van der Waals surface area contributed by atoms with Crippen molar-refractivity contribution in [1.29, 1.82) is 0 Å². The molecule has 1 unspecified atom stereocenters. The maximum absolute atomic E-state index is 12.2. The number of hydrogen-bond donors (Lipinski definition) is 1. The zero-order valence-electron chi connectivity index (χ0n) is 16.0. The van der Waals surface area contributed by atoms with E-state index in [9.17, 15) is 9.59 Å². The molecule has 144 valence electrons. The fourth-order valence-corrected chi connectivity index (χ4v) is 3.85. The van der Waals surface area contributed by atoms with Gasteiger partial charge in [-0.2, -0.15) is 0 Å². The predicted molar refractivity (Wildman–Crippen MR) is 102 cm³/mol. The van der Waals surface area contributed by atoms with Gasteiger partial charge in [-0.05, 0) is 38.1 Å². The lowest BCUT2D eigenvalue weighted by atomic mass is 10.0. The normalized spacial score (nSPS) is 22.5. The first kappa shape index (κ1) is 17.9. The molecule has 0 bridgehead atoms. The minimum atomic E-state index is -0.445. The van der Waals surface area contributed by atoms with Gasteiger partial charge in [-0.25, -0.2) is 4.79 Å². The number of carbonyl (C=O) groups excluding carboxylic acids is 2. The van der Waals surface area contributed by atoms with E-state index in [-0.39, 0.29) is 12.3 Å². The van der Waals surface area contributed by atoms with Gasteiger partial charge in [-0.15, -0.1) is 0 Å². The van der Waals surface area contributed by atoms with Gasteiger partial charge >= 0.3 is 6.03 Å². The van der Waals surface area contributed by atoms with Crippen LogP contribution in [-0.4, -0.2) is 66.2 Å². The van der Waals surface area contributed by atoms with Gasteiger partial charge in [0, 0.05) is 45.2 Å². The van der Waals surface area contributed by atoms with E-state index < -0.39 is 6.03 Å². The van der Waals surface area contributed by atoms with Crippen molar-refractivity contribution in [2.24, 2.45) is 0 Å². The third-order valence-electron chi connectivity index (χ3n) is 5.74. The second kappa shape index (κ2) is 6.94. The van der Waals surface area contributed by atoms with Crippen LogP contribution in [0.4, 0.5) is 10.6 Å². The Bertz CT molecular complexity index is 893. The molecule has 2 aliphatic heterocycles. The zero-order chi connectivity index (χ0) is 19.1. The quantitative estimate of drug-likeness (QED) is 0.885. The lowest BCUT2D eigenvalue weighted by Gasteiger charge is -2.37. The number of likely N-dealkylation sites (N-methyl/N-ethyl adjacent to an activating group) is 1. The van der Waals surface area contributed by atoms with Crippen LogP contribution in [0.1, 0.15) is 24.5 Å². The average molecular weight is 371 g/mol. The number of amides is 3. The van der Waals surface area contributed by atoms with E-state index in [1.807, 2.05) is 13.0 Å². The maximum Gasteiger partial charge on any atom is 0.329 e. The number of nitrogens with zero attached hydrogens (tertiary/aromatic N) is 4. The first-order valence-corrected chi connectivity index (χ1v) is 9.36. The molecule has 3 amide bonds. The van der Waals surface area contributed by atoms with Crippen LogP contribution < -0.4 is 10.2 Å². The molecule has 2 aliphatic rings. The lowest BCUT2D eigenvalue weighted by molar-refractivity contribution is -0.120. The van der Waals surface area contributed by atoms with Crippen LogP contribution >= 0.6 is 0 Å². The Morgan fingerprint density at radius 1 is 1.26 bits per heavy atom. The molecule has 2 aromatic rings. The van der Waals surface area contributed by atoms with Crippen LogP contribution in [0.5, 0.6) is 0 Å². The van der Waals surface area contributed by atoms with E-state index in [0.717, 1.165) is 37.1 Å². The molecule has 2 saturated heterocycles. The third-order valence-corrected chi connectivity index (χ3v) is 5.74. The molecule has 0 saturated carbocycles. The summed E-state index contributed by atoms with van der Waals surface area (Å²) in [4.78, 5) is 30.0. The average Bonchev–Trinajstić information content (AvgIpc) is 3.05. The largest absolute Gasteiger partial charge is 0.354 e. The molecule has 0 radical (unpaired) electrons. The van der Waals surface area contributed by atoms with Gasteiger partial charge in [0.05, 0.1) is 5.39 Å². The van der Waals surface area contributed by atoms with E-state index in [2.05, 4.69) is 40.3 Å². The van der Waals surface area contributed by atoms with Crippen LogP contribution in [0.2, 0.25) is 0 Å². The van der Waals surface area contributed by atoms with Gasteiger partial charge in [0.2, 0.25) is 5.91 Å². The highest BCUT2D eigenvalue weighted by Gasteiger charge is 2.29. The first-order chi connectivity index (χ1) is 12.9. The van der Waals surface area contributed by atoms with Crippen molar-refractivity contribution in [2.75, 3.05) is 38.1 Å². The number of fused-ring (bicyclic) bond motifs is 1. The Kier molecular flexibility index (Phi) is 4.61. The van der Waals surface area contributed by atoms with Crippen LogP contribution in [0.3, 0.4) is 0 Å². The number of aromatic nitrogens is 1. The van der Waals surface area contributed by atoms with Gasteiger partial charge in [-0.3, -0.25) is 19.9 Å². The summed E-state index contributed by atoms with van der Waals surface area (Å²) in [7, 11) is 2.16. The maximum atomic E-state index is 12.2. The van der Waals surface area contributed by atoms with Gasteiger partial charge in [0.1, 0.15) is 0 Å². The van der Waals surface area contributed by atoms with Crippen molar-refractivity contribution < 1.29 is 14.1 Å². The molecular weight excluding hydrogens is 346 g/mol. The van der Waals surface area contributed by atoms with Crippen LogP contribution in [-0.2, 0) is 11.3 Å². The van der Waals surface area contributed by atoms with Crippen LogP contribution in [0.15, 0.2) is 16.7 Å². The number of anilines is 1. The van der Waals surface area contributed by atoms with Gasteiger partial charge in [-0.1, -0.05) is 11.2 Å². The Morgan fingerprint density at radius 3 is 2.81 bits per heavy atom. The van der Waals surface area contributed by atoms with E-state index in [4.69, 9.17) is 4.52 Å². The summed E-state index contributed by atoms with van der Waals surface area (Å²) in [5, 5.41) is 7.31. The van der Waals surface area contributed by atoms with Crippen molar-refractivity contribution in [3.05, 3.63) is 23.3 Å². The zero-order valence-corrected chi connectivity index (χ0v) is 16.0. The summed E-state index contributed by atoms with van der Waals surface area (Å²) in [5.74, 6) is 0.228. The Morgan fingerprint density at radius 2 is 2.07 bits per heavy atom. The lowest BCUT2D eigenvalue weighted by Crippen LogP contribution is -2.50. The monoisotopic (exact) mass is 371 g/mol. The minimum absolute atomic E-state index is 0.259. The van der Waals surface area contributed by atoms with E-state index in [0.29, 0.717) is 24.0 Å². The van der Waals surface area contributed by atoms with Gasteiger partial charge < -0.3 is 9.42 Å². The molecule has 0 spiro atoms. The molecule has 1 atom stereocenters. The molecule has 0 aliphatic carbocycles. The Labute approximate surface area is 158 Å². The number of aryl methyl sites for hydroxylation is 1. The fourth-order valence-electron chi connectivity index (χ4n) is 3.85. The molecule has 1 N–H and O–H groups in total. The highest BCUT2D eigenvalue weighted by molar-refractivity contribution is 6.09. The SMILES string of the molecule is Cc1c(CN2CCN(C)C(C)C2)ccc2onc(N3CCC(=O)NC3=O)c12. The number of hydrogen-bond acceptors (Lipinski definition) is 6. The molecule has 1 aromatic carbocycles. The second-order valence-corrected chi connectivity index (χ2v) is 7.55. The highest BCUT2D eigenvalue weighted by Crippen LogP contribution is 2.32. The molecule has 8 heteroatoms. The number of benzene rings is 1. The number of rotatable bonds is 3.